The van der Waals surface area contributed by atoms with Crippen LogP contribution >= 0.6 is 0 Å². The first-order valence-electron chi connectivity index (χ1n) is 13.9. The Hall–Kier alpha value is -4.99. The second kappa shape index (κ2) is 10.4. The zero-order valence-corrected chi connectivity index (χ0v) is 23.9. The number of nitrogens with zero attached hydrogens (tertiary/aromatic N) is 2. The monoisotopic (exact) mass is 564 g/mol. The van der Waals surface area contributed by atoms with Gasteiger partial charge in [0.15, 0.2) is 0 Å². The molecular weight excluding hydrogens is 532 g/mol. The summed E-state index contributed by atoms with van der Waals surface area (Å²) in [4.78, 5) is 47.5. The number of amides is 3. The number of hydrogen-bond donors (Lipinski definition) is 4. The van der Waals surface area contributed by atoms with Crippen LogP contribution in [0, 0.1) is 12.8 Å². The topological polar surface area (TPSA) is 138 Å². The lowest BCUT2D eigenvalue weighted by molar-refractivity contribution is -0.119. The third kappa shape index (κ3) is 5.35. The van der Waals surface area contributed by atoms with Crippen molar-refractivity contribution in [2.24, 2.45) is 11.0 Å². The van der Waals surface area contributed by atoms with Gasteiger partial charge >= 0.3 is 6.09 Å². The van der Waals surface area contributed by atoms with E-state index in [4.69, 9.17) is 4.74 Å². The minimum Gasteiger partial charge on any atom is -0.444 e. The quantitative estimate of drug-likeness (QED) is 0.274. The molecule has 2 aromatic carbocycles. The van der Waals surface area contributed by atoms with Gasteiger partial charge in [-0.25, -0.2) is 10.2 Å². The highest BCUT2D eigenvalue weighted by atomic mass is 16.6. The van der Waals surface area contributed by atoms with Gasteiger partial charge in [-0.15, -0.1) is 0 Å². The van der Waals surface area contributed by atoms with Crippen molar-refractivity contribution >= 4 is 40.7 Å². The number of nitrogens with one attached hydrogen (secondary N) is 4. The van der Waals surface area contributed by atoms with Gasteiger partial charge in [-0.1, -0.05) is 24.3 Å². The van der Waals surface area contributed by atoms with E-state index in [1.165, 1.54) is 0 Å². The predicted octanol–water partition coefficient (Wildman–Crippen LogP) is 4.86. The average Bonchev–Trinajstić information content (AvgIpc) is 3.47. The van der Waals surface area contributed by atoms with Crippen LogP contribution in [-0.2, 0) is 22.4 Å². The molecule has 0 bridgehead atoms. The van der Waals surface area contributed by atoms with E-state index in [1.54, 1.807) is 45.3 Å². The van der Waals surface area contributed by atoms with E-state index < -0.39 is 29.6 Å². The Morgan fingerprint density at radius 1 is 1.07 bits per heavy atom. The number of hydrogen-bond acceptors (Lipinski definition) is 6. The maximum Gasteiger partial charge on any atom is 0.408 e. The van der Waals surface area contributed by atoms with E-state index in [9.17, 15) is 14.4 Å². The maximum absolute atomic E-state index is 13.9. The Morgan fingerprint density at radius 2 is 1.81 bits per heavy atom. The molecule has 3 heterocycles. The zero-order chi connectivity index (χ0) is 29.6. The normalized spacial score (nSPS) is 15.1. The van der Waals surface area contributed by atoms with Crippen LogP contribution in [-0.4, -0.2) is 45.7 Å². The van der Waals surface area contributed by atoms with Gasteiger partial charge in [0.25, 0.3) is 5.91 Å². The number of hydrazone groups is 1. The summed E-state index contributed by atoms with van der Waals surface area (Å²) in [5.74, 6) is -0.965. The molecule has 0 spiro atoms. The molecule has 1 aliphatic carbocycles. The molecule has 0 unspecified atom stereocenters. The Morgan fingerprint density at radius 3 is 2.48 bits per heavy atom. The lowest BCUT2D eigenvalue weighted by Gasteiger charge is -2.26. The van der Waals surface area contributed by atoms with Gasteiger partial charge in [0.1, 0.15) is 11.6 Å². The number of carbonyl (C=O) groups is 3. The number of benzene rings is 2. The van der Waals surface area contributed by atoms with E-state index in [-0.39, 0.29) is 5.92 Å². The number of fused-ring (bicyclic) bond motifs is 1. The summed E-state index contributed by atoms with van der Waals surface area (Å²) in [6, 6.07) is 14.4. The molecule has 10 heteroatoms. The molecule has 10 nitrogen and oxygen atoms in total. The van der Waals surface area contributed by atoms with Gasteiger partial charge in [0.2, 0.25) is 5.91 Å². The first-order chi connectivity index (χ1) is 20.1. The molecule has 3 amide bonds. The first-order valence-corrected chi connectivity index (χ1v) is 13.9. The summed E-state index contributed by atoms with van der Waals surface area (Å²) >= 11 is 0. The molecule has 1 aliphatic heterocycles. The molecule has 0 fully saturated rings. The SMILES string of the molecule is Cc1ccc(-c2[nH]c3cc(NC(=O)[C@H](NC(=O)OC(C)(C)C)C4Cc5ccccc5C4)cc4c3c2C=NNC4=O)cn1. The lowest BCUT2D eigenvalue weighted by Crippen LogP contribution is -2.50. The first kappa shape index (κ1) is 27.2. The highest BCUT2D eigenvalue weighted by molar-refractivity contribution is 6.18. The predicted molar refractivity (Wildman–Crippen MR) is 160 cm³/mol. The summed E-state index contributed by atoms with van der Waals surface area (Å²) < 4.78 is 5.49. The van der Waals surface area contributed by atoms with Gasteiger partial charge in [-0.05, 0) is 81.8 Å². The van der Waals surface area contributed by atoms with Crippen LogP contribution in [0.15, 0.2) is 59.8 Å². The summed E-state index contributed by atoms with van der Waals surface area (Å²) in [6.07, 6.45) is 3.99. The van der Waals surface area contributed by atoms with Crippen molar-refractivity contribution in [3.05, 3.63) is 82.7 Å². The number of ether oxygens (including phenoxy) is 1. The van der Waals surface area contributed by atoms with E-state index in [0.717, 1.165) is 33.6 Å². The molecule has 2 aromatic heterocycles. The molecule has 0 saturated carbocycles. The molecule has 6 rings (SSSR count). The summed E-state index contributed by atoms with van der Waals surface area (Å²) in [5.41, 5.74) is 8.79. The van der Waals surface area contributed by atoms with Crippen molar-refractivity contribution in [3.8, 4) is 11.3 Å². The standard InChI is InChI=1S/C32H32N6O4/c1-17-9-10-20(15-33-17)27-24-16-34-38-29(39)23-13-22(14-25(36-27)26(23)24)35-30(40)28(37-31(41)42-32(2,3)4)21-11-18-7-5-6-8-19(18)12-21/h5-10,13-16,21,28,36H,11-12H2,1-4H3,(H,35,40)(H,37,41)(H,38,39)/t28-/m1/s1. The number of aromatic nitrogens is 2. The van der Waals surface area contributed by atoms with E-state index >= 15 is 0 Å². The van der Waals surface area contributed by atoms with Crippen molar-refractivity contribution in [1.82, 2.24) is 20.7 Å². The molecule has 214 valence electrons. The molecule has 1 atom stereocenters. The fourth-order valence-electron chi connectivity index (χ4n) is 5.68. The number of carbonyl (C=O) groups excluding carboxylic acids is 3. The number of aromatic amines is 1. The van der Waals surface area contributed by atoms with Crippen molar-refractivity contribution in [3.63, 3.8) is 0 Å². The van der Waals surface area contributed by atoms with Crippen LogP contribution in [0.4, 0.5) is 10.5 Å². The van der Waals surface area contributed by atoms with Gasteiger partial charge in [0, 0.05) is 39.6 Å². The fraction of sp³-hybridized carbons (Fsp3) is 0.281. The van der Waals surface area contributed by atoms with E-state index in [1.807, 2.05) is 43.3 Å². The Bertz CT molecular complexity index is 1720. The van der Waals surface area contributed by atoms with E-state index in [2.05, 4.69) is 31.1 Å². The Kier molecular flexibility index (Phi) is 6.76. The summed E-state index contributed by atoms with van der Waals surface area (Å²) in [6.45, 7) is 7.24. The maximum atomic E-state index is 13.9. The number of pyridine rings is 1. The van der Waals surface area contributed by atoms with Crippen LogP contribution in [0.1, 0.15) is 53.5 Å². The minimum atomic E-state index is -0.868. The molecule has 4 aromatic rings. The number of alkyl carbamates (subject to hydrolysis) is 1. The van der Waals surface area contributed by atoms with Crippen LogP contribution in [0.3, 0.4) is 0 Å². The highest BCUT2D eigenvalue weighted by Gasteiger charge is 2.36. The van der Waals surface area contributed by atoms with Gasteiger partial charge in [0.05, 0.1) is 17.5 Å². The molecule has 0 radical (unpaired) electrons. The average molecular weight is 565 g/mol. The fourth-order valence-corrected chi connectivity index (χ4v) is 5.68. The van der Waals surface area contributed by atoms with Gasteiger partial charge in [-0.3, -0.25) is 14.6 Å². The molecule has 2 aliphatic rings. The zero-order valence-electron chi connectivity index (χ0n) is 23.9. The highest BCUT2D eigenvalue weighted by Crippen LogP contribution is 2.35. The van der Waals surface area contributed by atoms with Crippen molar-refractivity contribution in [2.75, 3.05) is 5.32 Å². The molecule has 4 N–H and O–H groups in total. The third-order valence-electron chi connectivity index (χ3n) is 7.52. The third-order valence-corrected chi connectivity index (χ3v) is 7.52. The minimum absolute atomic E-state index is 0.172. The lowest BCUT2D eigenvalue weighted by atomic mass is 9.95. The second-order valence-electron chi connectivity index (χ2n) is 11.8. The molecule has 42 heavy (non-hydrogen) atoms. The van der Waals surface area contributed by atoms with Crippen LogP contribution in [0.5, 0.6) is 0 Å². The smallest absolute Gasteiger partial charge is 0.408 e. The van der Waals surface area contributed by atoms with Gasteiger partial charge in [-0.2, -0.15) is 5.10 Å². The van der Waals surface area contributed by atoms with E-state index in [0.29, 0.717) is 35.0 Å². The van der Waals surface area contributed by atoms with Crippen LogP contribution in [0.2, 0.25) is 0 Å². The summed E-state index contributed by atoms with van der Waals surface area (Å²) in [7, 11) is 0. The molecular formula is C32H32N6O4. The van der Waals surface area contributed by atoms with Crippen LogP contribution < -0.4 is 16.1 Å². The van der Waals surface area contributed by atoms with Crippen molar-refractivity contribution < 1.29 is 19.1 Å². The van der Waals surface area contributed by atoms with Crippen molar-refractivity contribution in [1.29, 1.82) is 0 Å². The Balaban J connectivity index is 1.34. The largest absolute Gasteiger partial charge is 0.444 e. The number of H-pyrrole nitrogens is 1. The van der Waals surface area contributed by atoms with Gasteiger partial charge < -0.3 is 20.4 Å². The number of rotatable bonds is 5. The van der Waals surface area contributed by atoms with Crippen LogP contribution in [0.25, 0.3) is 22.2 Å². The number of anilines is 1. The number of aryl methyl sites for hydroxylation is 1. The van der Waals surface area contributed by atoms with Crippen molar-refractivity contribution in [2.45, 2.75) is 52.2 Å². The summed E-state index contributed by atoms with van der Waals surface area (Å²) in [5, 5.41) is 10.6. The molecule has 0 saturated heterocycles. The Labute approximate surface area is 243 Å². The second-order valence-corrected chi connectivity index (χ2v) is 11.8.